The summed E-state index contributed by atoms with van der Waals surface area (Å²) in [7, 11) is -3.49. The Balaban J connectivity index is 2.06. The van der Waals surface area contributed by atoms with E-state index < -0.39 is 10.0 Å². The maximum Gasteiger partial charge on any atom is 0.250 e. The van der Waals surface area contributed by atoms with Crippen LogP contribution in [0.3, 0.4) is 0 Å². The van der Waals surface area contributed by atoms with E-state index in [0.717, 1.165) is 11.3 Å². The predicted octanol–water partition coefficient (Wildman–Crippen LogP) is 2.58. The molecule has 104 valence electrons. The van der Waals surface area contributed by atoms with Crippen LogP contribution in [0.5, 0.6) is 0 Å². The van der Waals surface area contributed by atoms with Crippen LogP contribution in [0.1, 0.15) is 32.6 Å². The van der Waals surface area contributed by atoms with Gasteiger partial charge in [-0.1, -0.05) is 27.7 Å². The van der Waals surface area contributed by atoms with E-state index >= 15 is 0 Å². The van der Waals surface area contributed by atoms with Crippen molar-refractivity contribution in [3.8, 4) is 6.07 Å². The highest BCUT2D eigenvalue weighted by Gasteiger charge is 2.64. The Kier molecular flexibility index (Phi) is 3.28. The molecule has 1 saturated carbocycles. The SMILES string of the molecule is CC1(C)C(CNS(=O)(=O)c2ccc(C#N)s2)C1(C)C. The van der Waals surface area contributed by atoms with E-state index in [9.17, 15) is 8.42 Å². The first-order valence-electron chi connectivity index (χ1n) is 6.12. The molecule has 0 radical (unpaired) electrons. The Labute approximate surface area is 118 Å². The lowest BCUT2D eigenvalue weighted by Crippen LogP contribution is -2.26. The molecule has 1 fully saturated rings. The number of sulfonamides is 1. The predicted molar refractivity (Wildman–Crippen MR) is 75.3 cm³/mol. The minimum absolute atomic E-state index is 0.156. The number of thiophene rings is 1. The van der Waals surface area contributed by atoms with Crippen molar-refractivity contribution in [3.63, 3.8) is 0 Å². The highest BCUT2D eigenvalue weighted by molar-refractivity contribution is 7.91. The summed E-state index contributed by atoms with van der Waals surface area (Å²) in [6.07, 6.45) is 0. The lowest BCUT2D eigenvalue weighted by molar-refractivity contribution is 0.457. The molecule has 0 aromatic carbocycles. The first-order valence-corrected chi connectivity index (χ1v) is 8.42. The van der Waals surface area contributed by atoms with E-state index in [0.29, 0.717) is 17.3 Å². The summed E-state index contributed by atoms with van der Waals surface area (Å²) in [6, 6.07) is 4.96. The molecule has 1 aromatic heterocycles. The third-order valence-electron chi connectivity index (χ3n) is 4.75. The molecular formula is C13H18N2O2S2. The van der Waals surface area contributed by atoms with Gasteiger partial charge in [-0.15, -0.1) is 11.3 Å². The van der Waals surface area contributed by atoms with Crippen molar-refractivity contribution in [1.82, 2.24) is 4.72 Å². The highest BCUT2D eigenvalue weighted by Crippen LogP contribution is 2.67. The minimum atomic E-state index is -3.49. The Morgan fingerprint density at radius 2 is 1.89 bits per heavy atom. The van der Waals surface area contributed by atoms with Gasteiger partial charge in [0.2, 0.25) is 10.0 Å². The molecule has 2 rings (SSSR count). The van der Waals surface area contributed by atoms with Crippen LogP contribution in [0.25, 0.3) is 0 Å². The molecule has 0 atom stereocenters. The largest absolute Gasteiger partial charge is 0.250 e. The van der Waals surface area contributed by atoms with E-state index in [1.807, 2.05) is 6.07 Å². The topological polar surface area (TPSA) is 70.0 Å². The number of rotatable bonds is 4. The fourth-order valence-corrected chi connectivity index (χ4v) is 4.83. The molecule has 1 aromatic rings. The van der Waals surface area contributed by atoms with Crippen molar-refractivity contribution >= 4 is 21.4 Å². The van der Waals surface area contributed by atoms with Gasteiger partial charge in [0.25, 0.3) is 0 Å². The molecule has 19 heavy (non-hydrogen) atoms. The van der Waals surface area contributed by atoms with Crippen molar-refractivity contribution in [2.45, 2.75) is 31.9 Å². The number of nitrogens with one attached hydrogen (secondary N) is 1. The van der Waals surface area contributed by atoms with Crippen LogP contribution >= 0.6 is 11.3 Å². The van der Waals surface area contributed by atoms with Crippen LogP contribution in [-0.4, -0.2) is 15.0 Å². The van der Waals surface area contributed by atoms with Gasteiger partial charge in [-0.3, -0.25) is 0 Å². The Bertz CT molecular complexity index is 622. The molecule has 1 N–H and O–H groups in total. The zero-order chi connectivity index (χ0) is 14.5. The maximum absolute atomic E-state index is 12.1. The standard InChI is InChI=1S/C13H18N2O2S2/c1-12(2)10(13(12,3)4)8-15-19(16,17)11-6-5-9(7-14)18-11/h5-6,10,15H,8H2,1-4H3. The average molecular weight is 298 g/mol. The van der Waals surface area contributed by atoms with Crippen LogP contribution in [0, 0.1) is 28.1 Å². The Hall–Kier alpha value is -0.900. The summed E-state index contributed by atoms with van der Waals surface area (Å²) in [5.74, 6) is 0.338. The second-order valence-corrected chi connectivity index (χ2v) is 9.16. The third kappa shape index (κ3) is 2.31. The van der Waals surface area contributed by atoms with Crippen LogP contribution in [0.15, 0.2) is 16.3 Å². The van der Waals surface area contributed by atoms with Crippen molar-refractivity contribution in [2.75, 3.05) is 6.54 Å². The van der Waals surface area contributed by atoms with Crippen LogP contribution < -0.4 is 4.72 Å². The molecule has 0 saturated heterocycles. The molecule has 0 amide bonds. The molecule has 0 unspecified atom stereocenters. The number of hydrogen-bond acceptors (Lipinski definition) is 4. The number of nitriles is 1. The van der Waals surface area contributed by atoms with E-state index in [2.05, 4.69) is 32.4 Å². The molecule has 1 heterocycles. The minimum Gasteiger partial charge on any atom is -0.210 e. The number of hydrogen-bond donors (Lipinski definition) is 1. The quantitative estimate of drug-likeness (QED) is 0.928. The smallest absolute Gasteiger partial charge is 0.210 e. The van der Waals surface area contributed by atoms with Gasteiger partial charge in [-0.2, -0.15) is 5.26 Å². The van der Waals surface area contributed by atoms with Gasteiger partial charge in [0.05, 0.1) is 0 Å². The first-order chi connectivity index (χ1) is 8.63. The zero-order valence-corrected chi connectivity index (χ0v) is 13.2. The van der Waals surface area contributed by atoms with Crippen molar-refractivity contribution in [2.24, 2.45) is 16.7 Å². The van der Waals surface area contributed by atoms with Crippen molar-refractivity contribution in [1.29, 1.82) is 5.26 Å². The second-order valence-electron chi connectivity index (χ2n) is 6.08. The van der Waals surface area contributed by atoms with E-state index in [1.54, 1.807) is 0 Å². The Morgan fingerprint density at radius 3 is 2.32 bits per heavy atom. The van der Waals surface area contributed by atoms with Crippen molar-refractivity contribution < 1.29 is 8.42 Å². The maximum atomic E-state index is 12.1. The van der Waals surface area contributed by atoms with Gasteiger partial charge in [-0.25, -0.2) is 13.1 Å². The first kappa shape index (κ1) is 14.5. The van der Waals surface area contributed by atoms with E-state index in [-0.39, 0.29) is 15.0 Å². The van der Waals surface area contributed by atoms with Gasteiger partial charge >= 0.3 is 0 Å². The second kappa shape index (κ2) is 4.30. The third-order valence-corrected chi connectivity index (χ3v) is 7.66. The zero-order valence-electron chi connectivity index (χ0n) is 11.5. The summed E-state index contributed by atoms with van der Waals surface area (Å²) in [5, 5.41) is 8.73. The van der Waals surface area contributed by atoms with Crippen LogP contribution in [-0.2, 0) is 10.0 Å². The molecule has 0 aliphatic heterocycles. The molecule has 0 bridgehead atoms. The lowest BCUT2D eigenvalue weighted by atomic mass is 10.0. The normalized spacial score (nSPS) is 21.0. The summed E-state index contributed by atoms with van der Waals surface area (Å²) in [5.41, 5.74) is 0.311. The molecule has 4 nitrogen and oxygen atoms in total. The van der Waals surface area contributed by atoms with Gasteiger partial charge in [-0.05, 0) is 28.9 Å². The van der Waals surface area contributed by atoms with Gasteiger partial charge in [0, 0.05) is 6.54 Å². The summed E-state index contributed by atoms with van der Waals surface area (Å²) in [4.78, 5) is 0.410. The summed E-state index contributed by atoms with van der Waals surface area (Å²) >= 11 is 1.00. The Morgan fingerprint density at radius 1 is 1.32 bits per heavy atom. The molecule has 6 heteroatoms. The fraction of sp³-hybridized carbons (Fsp3) is 0.615. The molecule has 1 aliphatic carbocycles. The number of nitrogens with zero attached hydrogens (tertiary/aromatic N) is 1. The fourth-order valence-electron chi connectivity index (χ4n) is 2.63. The summed E-state index contributed by atoms with van der Waals surface area (Å²) in [6.45, 7) is 9.08. The molecule has 0 spiro atoms. The molecule has 1 aliphatic rings. The van der Waals surface area contributed by atoms with Gasteiger partial charge < -0.3 is 0 Å². The molecular weight excluding hydrogens is 280 g/mol. The van der Waals surface area contributed by atoms with Gasteiger partial charge in [0.15, 0.2) is 0 Å². The lowest BCUT2D eigenvalue weighted by Gasteiger charge is -2.05. The monoisotopic (exact) mass is 298 g/mol. The van der Waals surface area contributed by atoms with Gasteiger partial charge in [0.1, 0.15) is 15.2 Å². The van der Waals surface area contributed by atoms with Crippen LogP contribution in [0.2, 0.25) is 0 Å². The summed E-state index contributed by atoms with van der Waals surface area (Å²) < 4.78 is 27.1. The highest BCUT2D eigenvalue weighted by atomic mass is 32.2. The average Bonchev–Trinajstić information content (AvgIpc) is 2.72. The van der Waals surface area contributed by atoms with Crippen LogP contribution in [0.4, 0.5) is 0 Å². The van der Waals surface area contributed by atoms with E-state index in [4.69, 9.17) is 5.26 Å². The van der Waals surface area contributed by atoms with E-state index in [1.165, 1.54) is 12.1 Å². The van der Waals surface area contributed by atoms with Crippen molar-refractivity contribution in [3.05, 3.63) is 17.0 Å².